The predicted molar refractivity (Wildman–Crippen MR) is 61.3 cm³/mol. The molecule has 0 aliphatic rings. The number of nitrogens with one attached hydrogen (secondary N) is 1. The van der Waals surface area contributed by atoms with Gasteiger partial charge in [-0.2, -0.15) is 5.26 Å². The molecule has 2 rings (SSSR count). The van der Waals surface area contributed by atoms with Gasteiger partial charge in [-0.1, -0.05) is 0 Å². The van der Waals surface area contributed by atoms with Crippen LogP contribution in [0.3, 0.4) is 0 Å². The van der Waals surface area contributed by atoms with E-state index >= 15 is 0 Å². The van der Waals surface area contributed by atoms with Gasteiger partial charge < -0.3 is 0 Å². The number of benzene rings is 1. The van der Waals surface area contributed by atoms with Crippen LogP contribution in [0.25, 0.3) is 0 Å². The van der Waals surface area contributed by atoms with Crippen LogP contribution in [-0.2, 0) is 0 Å². The molecule has 1 heterocycles. The molecule has 0 aliphatic carbocycles. The number of aromatic nitrogens is 1. The molecule has 0 unspecified atom stereocenters. The quantitative estimate of drug-likeness (QED) is 0.644. The average molecular weight is 228 g/mol. The van der Waals surface area contributed by atoms with Crippen LogP contribution in [0.2, 0.25) is 0 Å². The second kappa shape index (κ2) is 4.37. The number of nitriles is 1. The molecule has 0 bridgehead atoms. The first-order valence-corrected chi connectivity index (χ1v) is 4.79. The topological polar surface area (TPSA) is 83.9 Å². The molecule has 0 amide bonds. The maximum absolute atomic E-state index is 10.8. The van der Waals surface area contributed by atoms with Gasteiger partial charge in [-0.3, -0.25) is 20.2 Å². The van der Waals surface area contributed by atoms with E-state index in [4.69, 9.17) is 5.26 Å². The van der Waals surface area contributed by atoms with E-state index in [0.717, 1.165) is 0 Å². The highest BCUT2D eigenvalue weighted by Crippen LogP contribution is 2.22. The molecule has 1 N–H and O–H groups in total. The van der Waals surface area contributed by atoms with E-state index < -0.39 is 4.92 Å². The van der Waals surface area contributed by atoms with Crippen molar-refractivity contribution in [3.8, 4) is 6.07 Å². The minimum Gasteiger partial charge on any atom is -0.295 e. The molecule has 1 aromatic carbocycles. The van der Waals surface area contributed by atoms with E-state index in [1.165, 1.54) is 12.1 Å². The van der Waals surface area contributed by atoms with Crippen molar-refractivity contribution in [1.29, 1.82) is 5.26 Å². The third-order valence-corrected chi connectivity index (χ3v) is 2.18. The Labute approximate surface area is 96.8 Å². The Morgan fingerprint density at radius 3 is 2.65 bits per heavy atom. The van der Waals surface area contributed by atoms with E-state index in [9.17, 15) is 10.1 Å². The number of nitro benzene ring substituents is 1. The summed E-state index contributed by atoms with van der Waals surface area (Å²) in [4.78, 5) is 10.2. The normalized spacial score (nSPS) is 9.59. The van der Waals surface area contributed by atoms with Gasteiger partial charge in [0, 0.05) is 18.5 Å². The second-order valence-electron chi connectivity index (χ2n) is 3.30. The molecule has 17 heavy (non-hydrogen) atoms. The van der Waals surface area contributed by atoms with Crippen molar-refractivity contribution in [3.63, 3.8) is 0 Å². The van der Waals surface area contributed by atoms with Crippen molar-refractivity contribution in [2.75, 3.05) is 5.43 Å². The molecule has 2 aromatic rings. The van der Waals surface area contributed by atoms with Gasteiger partial charge in [0.15, 0.2) is 0 Å². The SMILES string of the molecule is N#Cc1ccc(Nn2cccc2)cc1[N+](=O)[O-]. The number of hydrogen-bond donors (Lipinski definition) is 1. The Morgan fingerprint density at radius 2 is 2.06 bits per heavy atom. The molecule has 0 radical (unpaired) electrons. The zero-order chi connectivity index (χ0) is 12.3. The predicted octanol–water partition coefficient (Wildman–Crippen LogP) is 2.14. The number of nitro groups is 1. The zero-order valence-electron chi connectivity index (χ0n) is 8.70. The minimum atomic E-state index is -0.570. The first-order chi connectivity index (χ1) is 8.20. The molecule has 0 fully saturated rings. The second-order valence-corrected chi connectivity index (χ2v) is 3.30. The van der Waals surface area contributed by atoms with E-state index in [1.807, 2.05) is 12.1 Å². The lowest BCUT2D eigenvalue weighted by Gasteiger charge is -2.07. The summed E-state index contributed by atoms with van der Waals surface area (Å²) in [6.07, 6.45) is 3.54. The van der Waals surface area contributed by atoms with Gasteiger partial charge in [0.05, 0.1) is 10.6 Å². The van der Waals surface area contributed by atoms with Crippen LogP contribution < -0.4 is 5.43 Å². The maximum Gasteiger partial charge on any atom is 0.289 e. The monoisotopic (exact) mass is 228 g/mol. The van der Waals surface area contributed by atoms with Crippen molar-refractivity contribution in [2.45, 2.75) is 0 Å². The van der Waals surface area contributed by atoms with Crippen molar-refractivity contribution in [3.05, 3.63) is 58.4 Å². The van der Waals surface area contributed by atoms with Crippen LogP contribution >= 0.6 is 0 Å². The molecule has 0 aliphatic heterocycles. The molecular weight excluding hydrogens is 220 g/mol. The van der Waals surface area contributed by atoms with E-state index in [0.29, 0.717) is 5.69 Å². The lowest BCUT2D eigenvalue weighted by molar-refractivity contribution is -0.385. The fourth-order valence-electron chi connectivity index (χ4n) is 1.40. The van der Waals surface area contributed by atoms with Crippen molar-refractivity contribution in [2.24, 2.45) is 0 Å². The van der Waals surface area contributed by atoms with E-state index in [2.05, 4.69) is 5.43 Å². The molecule has 0 atom stereocenters. The molecule has 0 saturated carbocycles. The summed E-state index contributed by atoms with van der Waals surface area (Å²) < 4.78 is 1.66. The van der Waals surface area contributed by atoms with Gasteiger partial charge in [0.2, 0.25) is 0 Å². The van der Waals surface area contributed by atoms with Crippen LogP contribution in [0.4, 0.5) is 11.4 Å². The summed E-state index contributed by atoms with van der Waals surface area (Å²) in [5.74, 6) is 0. The first kappa shape index (κ1) is 10.7. The smallest absolute Gasteiger partial charge is 0.289 e. The van der Waals surface area contributed by atoms with Gasteiger partial charge in [0.1, 0.15) is 11.6 Å². The Bertz CT molecular complexity index is 584. The summed E-state index contributed by atoms with van der Waals surface area (Å²) in [5.41, 5.74) is 3.33. The number of nitrogens with zero attached hydrogens (tertiary/aromatic N) is 3. The summed E-state index contributed by atoms with van der Waals surface area (Å²) in [7, 11) is 0. The Balaban J connectivity index is 2.35. The maximum atomic E-state index is 10.8. The highest BCUT2D eigenvalue weighted by molar-refractivity contribution is 5.58. The van der Waals surface area contributed by atoms with Gasteiger partial charge in [-0.15, -0.1) is 0 Å². The molecule has 6 nitrogen and oxygen atoms in total. The highest BCUT2D eigenvalue weighted by atomic mass is 16.6. The number of hydrogen-bond acceptors (Lipinski definition) is 4. The molecule has 1 aromatic heterocycles. The van der Waals surface area contributed by atoms with Crippen LogP contribution in [0.1, 0.15) is 5.56 Å². The van der Waals surface area contributed by atoms with Crippen molar-refractivity contribution < 1.29 is 4.92 Å². The average Bonchev–Trinajstić information content (AvgIpc) is 2.81. The molecule has 6 heteroatoms. The number of rotatable bonds is 3. The lowest BCUT2D eigenvalue weighted by atomic mass is 10.2. The van der Waals surface area contributed by atoms with Crippen LogP contribution in [0.5, 0.6) is 0 Å². The third-order valence-electron chi connectivity index (χ3n) is 2.18. The minimum absolute atomic E-state index is 0.0491. The summed E-state index contributed by atoms with van der Waals surface area (Å²) in [5, 5.41) is 19.5. The molecule has 0 saturated heterocycles. The van der Waals surface area contributed by atoms with Gasteiger partial charge in [-0.25, -0.2) is 0 Å². The van der Waals surface area contributed by atoms with Gasteiger partial charge >= 0.3 is 0 Å². The molecular formula is C11H8N4O2. The fourth-order valence-corrected chi connectivity index (χ4v) is 1.40. The Hall–Kier alpha value is -2.81. The molecule has 84 valence electrons. The highest BCUT2D eigenvalue weighted by Gasteiger charge is 2.13. The third kappa shape index (κ3) is 2.23. The van der Waals surface area contributed by atoms with Crippen molar-refractivity contribution in [1.82, 2.24) is 4.68 Å². The van der Waals surface area contributed by atoms with Crippen molar-refractivity contribution >= 4 is 11.4 Å². The molecule has 0 spiro atoms. The van der Waals surface area contributed by atoms with Crippen LogP contribution in [-0.4, -0.2) is 9.60 Å². The standard InChI is InChI=1S/C11H8N4O2/c12-8-9-3-4-10(7-11(9)15(16)17)13-14-5-1-2-6-14/h1-7,13H. The lowest BCUT2D eigenvalue weighted by Crippen LogP contribution is -2.06. The fraction of sp³-hybridized carbons (Fsp3) is 0. The van der Waals surface area contributed by atoms with Crippen LogP contribution in [0, 0.1) is 21.4 Å². The largest absolute Gasteiger partial charge is 0.295 e. The first-order valence-electron chi connectivity index (χ1n) is 4.79. The van der Waals surface area contributed by atoms with E-state index in [1.54, 1.807) is 29.2 Å². The van der Waals surface area contributed by atoms with E-state index in [-0.39, 0.29) is 11.3 Å². The summed E-state index contributed by atoms with van der Waals surface area (Å²) in [6, 6.07) is 9.80. The van der Waals surface area contributed by atoms with Gasteiger partial charge in [0.25, 0.3) is 5.69 Å². The zero-order valence-corrected chi connectivity index (χ0v) is 8.70. The summed E-state index contributed by atoms with van der Waals surface area (Å²) >= 11 is 0. The Kier molecular flexibility index (Phi) is 2.75. The van der Waals surface area contributed by atoms with Gasteiger partial charge in [-0.05, 0) is 24.3 Å². The number of anilines is 1. The van der Waals surface area contributed by atoms with Crippen LogP contribution in [0.15, 0.2) is 42.7 Å². The summed E-state index contributed by atoms with van der Waals surface area (Å²) in [6.45, 7) is 0. The Morgan fingerprint density at radius 1 is 1.35 bits per heavy atom.